The standard InChI is InChI=1S/C8H9N3O/c1-6(2)11-8(12)7-3-4-9-5-10-7/h3-5H,1H2,2H3,(H,11,12). The Kier molecular flexibility index (Phi) is 2.53. The highest BCUT2D eigenvalue weighted by Crippen LogP contribution is 1.92. The van der Waals surface area contributed by atoms with Gasteiger partial charge in [-0.3, -0.25) is 4.79 Å². The van der Waals surface area contributed by atoms with Crippen molar-refractivity contribution in [2.45, 2.75) is 6.92 Å². The molecule has 0 atom stereocenters. The molecule has 1 rings (SSSR count). The fourth-order valence-electron chi connectivity index (χ4n) is 0.683. The number of hydrogen-bond acceptors (Lipinski definition) is 3. The molecule has 1 heterocycles. The van der Waals surface area contributed by atoms with Crippen molar-refractivity contribution in [1.29, 1.82) is 0 Å². The molecule has 4 nitrogen and oxygen atoms in total. The average molecular weight is 163 g/mol. The second-order valence-corrected chi connectivity index (χ2v) is 2.33. The van der Waals surface area contributed by atoms with Crippen LogP contribution in [0.4, 0.5) is 0 Å². The van der Waals surface area contributed by atoms with Gasteiger partial charge in [0.25, 0.3) is 5.91 Å². The quantitative estimate of drug-likeness (QED) is 0.699. The Morgan fingerprint density at radius 3 is 2.92 bits per heavy atom. The molecule has 0 saturated carbocycles. The van der Waals surface area contributed by atoms with E-state index in [0.29, 0.717) is 11.4 Å². The summed E-state index contributed by atoms with van der Waals surface area (Å²) >= 11 is 0. The molecule has 0 radical (unpaired) electrons. The third-order valence-electron chi connectivity index (χ3n) is 1.14. The zero-order valence-electron chi connectivity index (χ0n) is 6.74. The zero-order chi connectivity index (χ0) is 8.97. The Balaban J connectivity index is 2.73. The number of carbonyl (C=O) groups is 1. The fraction of sp³-hybridized carbons (Fsp3) is 0.125. The second kappa shape index (κ2) is 3.61. The highest BCUT2D eigenvalue weighted by atomic mass is 16.1. The molecule has 4 heteroatoms. The van der Waals surface area contributed by atoms with Crippen molar-refractivity contribution in [1.82, 2.24) is 15.3 Å². The minimum Gasteiger partial charge on any atom is -0.325 e. The number of allylic oxidation sites excluding steroid dienone is 1. The Morgan fingerprint density at radius 1 is 1.67 bits per heavy atom. The largest absolute Gasteiger partial charge is 0.325 e. The van der Waals surface area contributed by atoms with Crippen LogP contribution < -0.4 is 5.32 Å². The first-order valence-corrected chi connectivity index (χ1v) is 3.43. The minimum absolute atomic E-state index is 0.259. The highest BCUT2D eigenvalue weighted by Gasteiger charge is 2.04. The van der Waals surface area contributed by atoms with Gasteiger partial charge in [0.05, 0.1) is 0 Å². The maximum absolute atomic E-state index is 11.2. The lowest BCUT2D eigenvalue weighted by atomic mass is 10.4. The van der Waals surface area contributed by atoms with E-state index in [1.807, 2.05) is 0 Å². The average Bonchev–Trinajstić information content (AvgIpc) is 2.05. The first-order chi connectivity index (χ1) is 5.70. The van der Waals surface area contributed by atoms with Gasteiger partial charge in [0.15, 0.2) is 0 Å². The van der Waals surface area contributed by atoms with Gasteiger partial charge in [0, 0.05) is 11.9 Å². The molecular formula is C8H9N3O. The molecule has 1 aromatic heterocycles. The highest BCUT2D eigenvalue weighted by molar-refractivity contribution is 5.93. The summed E-state index contributed by atoms with van der Waals surface area (Å²) < 4.78 is 0. The smallest absolute Gasteiger partial charge is 0.274 e. The van der Waals surface area contributed by atoms with Gasteiger partial charge in [-0.1, -0.05) is 6.58 Å². The number of nitrogens with zero attached hydrogens (tertiary/aromatic N) is 2. The van der Waals surface area contributed by atoms with Crippen molar-refractivity contribution >= 4 is 5.91 Å². The van der Waals surface area contributed by atoms with Crippen LogP contribution in [0, 0.1) is 0 Å². The third-order valence-corrected chi connectivity index (χ3v) is 1.14. The zero-order valence-corrected chi connectivity index (χ0v) is 6.74. The summed E-state index contributed by atoms with van der Waals surface area (Å²) in [7, 11) is 0. The molecule has 0 aliphatic rings. The molecule has 62 valence electrons. The van der Waals surface area contributed by atoms with E-state index in [1.54, 1.807) is 6.92 Å². The van der Waals surface area contributed by atoms with Gasteiger partial charge < -0.3 is 5.32 Å². The maximum atomic E-state index is 11.2. The van der Waals surface area contributed by atoms with Crippen LogP contribution in [0.1, 0.15) is 17.4 Å². The molecule has 12 heavy (non-hydrogen) atoms. The van der Waals surface area contributed by atoms with Crippen LogP contribution >= 0.6 is 0 Å². The number of amides is 1. The van der Waals surface area contributed by atoms with Gasteiger partial charge in [0.1, 0.15) is 12.0 Å². The van der Waals surface area contributed by atoms with Crippen LogP contribution in [0.15, 0.2) is 30.9 Å². The van der Waals surface area contributed by atoms with Crippen molar-refractivity contribution in [3.8, 4) is 0 Å². The SMILES string of the molecule is C=C(C)NC(=O)c1ccncn1. The van der Waals surface area contributed by atoms with Gasteiger partial charge in [-0.15, -0.1) is 0 Å². The lowest BCUT2D eigenvalue weighted by Crippen LogP contribution is -2.21. The molecule has 0 aliphatic heterocycles. The number of hydrogen-bond donors (Lipinski definition) is 1. The second-order valence-electron chi connectivity index (χ2n) is 2.33. The molecule has 1 N–H and O–H groups in total. The maximum Gasteiger partial charge on any atom is 0.274 e. The van der Waals surface area contributed by atoms with Crippen molar-refractivity contribution in [3.05, 3.63) is 36.6 Å². The Labute approximate surface area is 70.4 Å². The number of carbonyl (C=O) groups excluding carboxylic acids is 1. The number of nitrogens with one attached hydrogen (secondary N) is 1. The first-order valence-electron chi connectivity index (χ1n) is 3.43. The van der Waals surface area contributed by atoms with E-state index in [2.05, 4.69) is 21.9 Å². The predicted octanol–water partition coefficient (Wildman–Crippen LogP) is 0.740. The summed E-state index contributed by atoms with van der Waals surface area (Å²) in [5.74, 6) is -0.259. The Bertz CT molecular complexity index is 294. The normalized spacial score (nSPS) is 9.08. The first kappa shape index (κ1) is 8.39. The topological polar surface area (TPSA) is 54.9 Å². The van der Waals surface area contributed by atoms with Gasteiger partial charge >= 0.3 is 0 Å². The number of aromatic nitrogens is 2. The van der Waals surface area contributed by atoms with Crippen molar-refractivity contribution < 1.29 is 4.79 Å². The molecule has 0 aromatic carbocycles. The van der Waals surface area contributed by atoms with Gasteiger partial charge in [-0.2, -0.15) is 0 Å². The summed E-state index contributed by atoms with van der Waals surface area (Å²) in [4.78, 5) is 18.7. The van der Waals surface area contributed by atoms with Crippen molar-refractivity contribution in [2.24, 2.45) is 0 Å². The number of rotatable bonds is 2. The van der Waals surface area contributed by atoms with Crippen molar-refractivity contribution in [2.75, 3.05) is 0 Å². The van der Waals surface area contributed by atoms with E-state index in [1.165, 1.54) is 18.6 Å². The Hall–Kier alpha value is -1.71. The molecule has 0 unspecified atom stereocenters. The summed E-state index contributed by atoms with van der Waals surface area (Å²) in [5.41, 5.74) is 0.937. The van der Waals surface area contributed by atoms with E-state index >= 15 is 0 Å². The van der Waals surface area contributed by atoms with Crippen LogP contribution in [-0.4, -0.2) is 15.9 Å². The van der Waals surface area contributed by atoms with E-state index in [0.717, 1.165) is 0 Å². The van der Waals surface area contributed by atoms with E-state index in [-0.39, 0.29) is 5.91 Å². The van der Waals surface area contributed by atoms with Crippen molar-refractivity contribution in [3.63, 3.8) is 0 Å². The summed E-state index contributed by atoms with van der Waals surface area (Å²) in [6.07, 6.45) is 2.84. The molecule has 0 bridgehead atoms. The molecule has 1 aromatic rings. The van der Waals surface area contributed by atoms with Gasteiger partial charge in [-0.25, -0.2) is 9.97 Å². The van der Waals surface area contributed by atoms with Crippen LogP contribution in [-0.2, 0) is 0 Å². The van der Waals surface area contributed by atoms with Crippen LogP contribution in [0.25, 0.3) is 0 Å². The fourth-order valence-corrected chi connectivity index (χ4v) is 0.683. The van der Waals surface area contributed by atoms with E-state index in [9.17, 15) is 4.79 Å². The van der Waals surface area contributed by atoms with Crippen LogP contribution in [0.5, 0.6) is 0 Å². The lowest BCUT2D eigenvalue weighted by Gasteiger charge is -2.00. The monoisotopic (exact) mass is 163 g/mol. The van der Waals surface area contributed by atoms with Crippen LogP contribution in [0.3, 0.4) is 0 Å². The Morgan fingerprint density at radius 2 is 2.42 bits per heavy atom. The molecule has 0 saturated heterocycles. The molecule has 0 aliphatic carbocycles. The minimum atomic E-state index is -0.259. The predicted molar refractivity (Wildman–Crippen MR) is 44.3 cm³/mol. The van der Waals surface area contributed by atoms with E-state index in [4.69, 9.17) is 0 Å². The van der Waals surface area contributed by atoms with Crippen LogP contribution in [0.2, 0.25) is 0 Å². The summed E-state index contributed by atoms with van der Waals surface area (Å²) in [6, 6.07) is 1.54. The van der Waals surface area contributed by atoms with Gasteiger partial charge in [0.2, 0.25) is 0 Å². The van der Waals surface area contributed by atoms with E-state index < -0.39 is 0 Å². The molecule has 1 amide bonds. The van der Waals surface area contributed by atoms with Gasteiger partial charge in [-0.05, 0) is 13.0 Å². The summed E-state index contributed by atoms with van der Waals surface area (Å²) in [6.45, 7) is 5.25. The third kappa shape index (κ3) is 2.16. The summed E-state index contributed by atoms with van der Waals surface area (Å²) in [5, 5.41) is 2.54. The lowest BCUT2D eigenvalue weighted by molar-refractivity contribution is 0.0961. The molecule has 0 fully saturated rings. The molecule has 0 spiro atoms. The molecular weight excluding hydrogens is 154 g/mol.